The third kappa shape index (κ3) is 3.55. The van der Waals surface area contributed by atoms with Gasteiger partial charge in [-0.1, -0.05) is 41.9 Å². The second-order valence-electron chi connectivity index (χ2n) is 7.58. The van der Waals surface area contributed by atoms with E-state index in [0.717, 1.165) is 22.2 Å². The van der Waals surface area contributed by atoms with Crippen LogP contribution in [0.1, 0.15) is 13.2 Å². The fourth-order valence-corrected chi connectivity index (χ4v) is 4.06. The van der Waals surface area contributed by atoms with Gasteiger partial charge in [-0.2, -0.15) is 0 Å². The molecule has 1 saturated heterocycles. The summed E-state index contributed by atoms with van der Waals surface area (Å²) in [5.74, 6) is 0.626. The second kappa shape index (κ2) is 7.94. The van der Waals surface area contributed by atoms with Gasteiger partial charge in [-0.25, -0.2) is 9.97 Å². The van der Waals surface area contributed by atoms with Gasteiger partial charge in [-0.05, 0) is 36.8 Å². The van der Waals surface area contributed by atoms with E-state index in [1.165, 1.54) is 6.33 Å². The number of para-hydroxylation sites is 1. The van der Waals surface area contributed by atoms with E-state index in [1.807, 2.05) is 60.8 Å². The van der Waals surface area contributed by atoms with E-state index >= 15 is 0 Å². The first kappa shape index (κ1) is 20.0. The van der Waals surface area contributed by atoms with Crippen LogP contribution < -0.4 is 5.32 Å². The Hall–Kier alpha value is -2.97. The average Bonchev–Trinajstić information content (AvgIpc) is 3.29. The Kier molecular flexibility index (Phi) is 5.11. The predicted molar refractivity (Wildman–Crippen MR) is 119 cm³/mol. The minimum atomic E-state index is -1.08. The molecule has 1 aliphatic rings. The van der Waals surface area contributed by atoms with Gasteiger partial charge in [-0.15, -0.1) is 0 Å². The summed E-state index contributed by atoms with van der Waals surface area (Å²) < 4.78 is 7.63. The van der Waals surface area contributed by atoms with Gasteiger partial charge >= 0.3 is 0 Å². The molecule has 0 aliphatic carbocycles. The topological polar surface area (TPSA) is 92.4 Å². The zero-order chi connectivity index (χ0) is 21.5. The largest absolute Gasteiger partial charge is 0.388 e. The van der Waals surface area contributed by atoms with E-state index in [9.17, 15) is 10.2 Å². The SMILES string of the molecule is C[C@H]1O[C@@H](n2cc(-c3ccc(Cl)cc3)c3c(Nc4ccccc4)ncnc32)[C@@H](O)[C@H]1O. The standard InChI is InChI=1S/C23H21ClN4O3/c1-13-19(29)20(30)23(31-13)28-11-17(14-7-9-15(24)10-8-14)18-21(25-12-26-22(18)28)27-16-5-3-2-4-6-16/h2-13,19-20,23,29-30H,1H3,(H,25,26,27)/t13-,19+,20+,23-/m1/s1. The maximum Gasteiger partial charge on any atom is 0.164 e. The van der Waals surface area contributed by atoms with Crippen LogP contribution in [0.5, 0.6) is 0 Å². The first-order valence-electron chi connectivity index (χ1n) is 9.98. The van der Waals surface area contributed by atoms with Crippen molar-refractivity contribution in [2.75, 3.05) is 5.32 Å². The van der Waals surface area contributed by atoms with Crippen molar-refractivity contribution in [1.82, 2.24) is 14.5 Å². The number of rotatable bonds is 4. The number of hydrogen-bond acceptors (Lipinski definition) is 6. The third-order valence-corrected chi connectivity index (χ3v) is 5.80. The monoisotopic (exact) mass is 436 g/mol. The summed E-state index contributed by atoms with van der Waals surface area (Å²) in [7, 11) is 0. The van der Waals surface area contributed by atoms with Crippen LogP contribution in [0.25, 0.3) is 22.2 Å². The smallest absolute Gasteiger partial charge is 0.164 e. The second-order valence-corrected chi connectivity index (χ2v) is 8.02. The molecular formula is C23H21ClN4O3. The van der Waals surface area contributed by atoms with Crippen molar-refractivity contribution in [2.24, 2.45) is 0 Å². The lowest BCUT2D eigenvalue weighted by Crippen LogP contribution is -2.30. The third-order valence-electron chi connectivity index (χ3n) is 5.55. The van der Waals surface area contributed by atoms with Gasteiger partial charge < -0.3 is 24.8 Å². The summed E-state index contributed by atoms with van der Waals surface area (Å²) in [6.45, 7) is 1.73. The number of fused-ring (bicyclic) bond motifs is 1. The zero-order valence-corrected chi connectivity index (χ0v) is 17.4. The number of anilines is 2. The van der Waals surface area contributed by atoms with Crippen LogP contribution in [0.3, 0.4) is 0 Å². The molecule has 7 nitrogen and oxygen atoms in total. The van der Waals surface area contributed by atoms with Gasteiger partial charge in [-0.3, -0.25) is 0 Å². The molecule has 5 rings (SSSR count). The van der Waals surface area contributed by atoms with Gasteiger partial charge in [0.1, 0.15) is 30.0 Å². The van der Waals surface area contributed by atoms with Crippen molar-refractivity contribution in [3.63, 3.8) is 0 Å². The van der Waals surface area contributed by atoms with Gasteiger partial charge in [0.25, 0.3) is 0 Å². The Bertz CT molecular complexity index is 1210. The Morgan fingerprint density at radius 3 is 2.42 bits per heavy atom. The van der Waals surface area contributed by atoms with Crippen LogP contribution in [0.15, 0.2) is 67.1 Å². The fourth-order valence-electron chi connectivity index (χ4n) is 3.94. The molecule has 0 spiro atoms. The molecule has 1 fully saturated rings. The van der Waals surface area contributed by atoms with E-state index in [-0.39, 0.29) is 0 Å². The van der Waals surface area contributed by atoms with Crippen molar-refractivity contribution in [3.8, 4) is 11.1 Å². The molecule has 2 aromatic carbocycles. The molecule has 31 heavy (non-hydrogen) atoms. The molecule has 3 N–H and O–H groups in total. The Morgan fingerprint density at radius 2 is 1.74 bits per heavy atom. The van der Waals surface area contributed by atoms with Crippen molar-refractivity contribution < 1.29 is 14.9 Å². The Balaban J connectivity index is 1.70. The minimum absolute atomic E-state index is 0.500. The predicted octanol–water partition coefficient (Wildman–Crippen LogP) is 4.13. The molecule has 4 atom stereocenters. The number of aromatic nitrogens is 3. The average molecular weight is 437 g/mol. The number of benzene rings is 2. The molecule has 0 bridgehead atoms. The van der Waals surface area contributed by atoms with Gasteiger partial charge in [0.15, 0.2) is 6.23 Å². The normalized spacial score (nSPS) is 23.4. The van der Waals surface area contributed by atoms with Crippen molar-refractivity contribution in [3.05, 3.63) is 72.1 Å². The maximum absolute atomic E-state index is 10.6. The van der Waals surface area contributed by atoms with Crippen molar-refractivity contribution in [2.45, 2.75) is 31.5 Å². The van der Waals surface area contributed by atoms with E-state index < -0.39 is 24.5 Å². The maximum atomic E-state index is 10.6. The fraction of sp³-hybridized carbons (Fsp3) is 0.217. The molecule has 0 unspecified atom stereocenters. The highest BCUT2D eigenvalue weighted by Gasteiger charge is 2.42. The van der Waals surface area contributed by atoms with Crippen LogP contribution >= 0.6 is 11.6 Å². The summed E-state index contributed by atoms with van der Waals surface area (Å²) in [6, 6.07) is 17.2. The van der Waals surface area contributed by atoms with E-state index in [0.29, 0.717) is 16.5 Å². The summed E-state index contributed by atoms with van der Waals surface area (Å²) in [5.41, 5.74) is 3.25. The molecule has 158 valence electrons. The van der Waals surface area contributed by atoms with Crippen molar-refractivity contribution in [1.29, 1.82) is 0 Å². The zero-order valence-electron chi connectivity index (χ0n) is 16.7. The molecule has 8 heteroatoms. The first-order valence-corrected chi connectivity index (χ1v) is 10.4. The molecule has 0 saturated carbocycles. The molecule has 1 aliphatic heterocycles. The highest BCUT2D eigenvalue weighted by Crippen LogP contribution is 2.39. The number of nitrogens with zero attached hydrogens (tertiary/aromatic N) is 3. The summed E-state index contributed by atoms with van der Waals surface area (Å²) in [5, 5.41) is 25.6. The number of nitrogens with one attached hydrogen (secondary N) is 1. The lowest BCUT2D eigenvalue weighted by atomic mass is 10.1. The van der Waals surface area contributed by atoms with Crippen LogP contribution in [-0.4, -0.2) is 43.1 Å². The van der Waals surface area contributed by atoms with Gasteiger partial charge in [0, 0.05) is 22.5 Å². The molecule has 4 aromatic rings. The Labute approximate surface area is 183 Å². The lowest BCUT2D eigenvalue weighted by molar-refractivity contribution is -0.0295. The van der Waals surface area contributed by atoms with E-state index in [4.69, 9.17) is 16.3 Å². The quantitative estimate of drug-likeness (QED) is 0.445. The molecule has 0 amide bonds. The number of hydrogen-bond donors (Lipinski definition) is 3. The summed E-state index contributed by atoms with van der Waals surface area (Å²) in [6.07, 6.45) is 0.0106. The van der Waals surface area contributed by atoms with Crippen LogP contribution in [0, 0.1) is 0 Å². The van der Waals surface area contributed by atoms with Crippen LogP contribution in [0.4, 0.5) is 11.5 Å². The summed E-state index contributed by atoms with van der Waals surface area (Å²) in [4.78, 5) is 8.97. The number of ether oxygens (including phenoxy) is 1. The molecule has 0 radical (unpaired) electrons. The number of aliphatic hydroxyl groups is 2. The highest BCUT2D eigenvalue weighted by atomic mass is 35.5. The van der Waals surface area contributed by atoms with Crippen LogP contribution in [0.2, 0.25) is 5.02 Å². The molecular weight excluding hydrogens is 416 g/mol. The first-order chi connectivity index (χ1) is 15.0. The molecule has 2 aromatic heterocycles. The van der Waals surface area contributed by atoms with Gasteiger partial charge in [0.05, 0.1) is 11.5 Å². The van der Waals surface area contributed by atoms with E-state index in [1.54, 1.807) is 11.5 Å². The van der Waals surface area contributed by atoms with Crippen molar-refractivity contribution >= 4 is 34.1 Å². The van der Waals surface area contributed by atoms with E-state index in [2.05, 4.69) is 15.3 Å². The molecule has 3 heterocycles. The highest BCUT2D eigenvalue weighted by molar-refractivity contribution is 6.30. The number of halogens is 1. The van der Waals surface area contributed by atoms with Crippen LogP contribution in [-0.2, 0) is 4.74 Å². The minimum Gasteiger partial charge on any atom is -0.388 e. The Morgan fingerprint density at radius 1 is 1.00 bits per heavy atom. The number of aliphatic hydroxyl groups excluding tert-OH is 2. The summed E-state index contributed by atoms with van der Waals surface area (Å²) >= 11 is 6.09. The van der Waals surface area contributed by atoms with Gasteiger partial charge in [0.2, 0.25) is 0 Å². The lowest BCUT2D eigenvalue weighted by Gasteiger charge is -2.17.